The van der Waals surface area contributed by atoms with Crippen molar-refractivity contribution in [2.24, 2.45) is 0 Å². The summed E-state index contributed by atoms with van der Waals surface area (Å²) in [4.78, 5) is 11.4. The Bertz CT molecular complexity index is 302. The van der Waals surface area contributed by atoms with Gasteiger partial charge in [0.2, 0.25) is 10.1 Å². The van der Waals surface area contributed by atoms with Crippen molar-refractivity contribution in [3.05, 3.63) is 5.01 Å². The highest BCUT2D eigenvalue weighted by molar-refractivity contribution is 7.98. The molecule has 14 heavy (non-hydrogen) atoms. The van der Waals surface area contributed by atoms with Crippen molar-refractivity contribution in [3.63, 3.8) is 0 Å². The Labute approximate surface area is 90.7 Å². The number of nitrogens with zero attached hydrogens (tertiary/aromatic N) is 2. The van der Waals surface area contributed by atoms with Crippen molar-refractivity contribution in [2.75, 3.05) is 30.9 Å². The van der Waals surface area contributed by atoms with Crippen molar-refractivity contribution in [1.82, 2.24) is 15.5 Å². The molecule has 1 aromatic rings. The molecule has 0 saturated heterocycles. The first-order chi connectivity index (χ1) is 6.77. The highest BCUT2D eigenvalue weighted by Crippen LogP contribution is 2.13. The number of aromatic nitrogens is 2. The van der Waals surface area contributed by atoms with E-state index < -0.39 is 0 Å². The molecule has 1 aromatic heterocycles. The van der Waals surface area contributed by atoms with Gasteiger partial charge in [-0.05, 0) is 6.26 Å². The van der Waals surface area contributed by atoms with Crippen LogP contribution in [0.15, 0.2) is 0 Å². The second kappa shape index (κ2) is 5.82. The van der Waals surface area contributed by atoms with E-state index in [1.165, 1.54) is 11.3 Å². The zero-order valence-electron chi connectivity index (χ0n) is 8.03. The Balaban J connectivity index is 2.44. The molecule has 0 aromatic carbocycles. The lowest BCUT2D eigenvalue weighted by atomic mass is 10.6. The minimum Gasteiger partial charge on any atom is -0.363 e. The first-order valence-corrected chi connectivity index (χ1v) is 6.27. The fraction of sp³-hybridized carbons (Fsp3) is 0.571. The van der Waals surface area contributed by atoms with E-state index in [4.69, 9.17) is 0 Å². The molecule has 0 aliphatic carbocycles. The molecule has 7 heteroatoms. The van der Waals surface area contributed by atoms with Crippen LogP contribution in [0.25, 0.3) is 0 Å². The van der Waals surface area contributed by atoms with E-state index >= 15 is 0 Å². The maximum atomic E-state index is 11.4. The molecule has 0 spiro atoms. The van der Waals surface area contributed by atoms with Gasteiger partial charge >= 0.3 is 0 Å². The number of hydrogen-bond donors (Lipinski definition) is 2. The molecular weight excluding hydrogens is 220 g/mol. The number of nitrogens with one attached hydrogen (secondary N) is 2. The minimum atomic E-state index is -0.155. The molecular formula is C7H12N4OS2. The Kier molecular flexibility index (Phi) is 4.68. The number of carbonyl (C=O) groups is 1. The van der Waals surface area contributed by atoms with E-state index in [9.17, 15) is 4.79 Å². The van der Waals surface area contributed by atoms with Crippen molar-refractivity contribution < 1.29 is 4.79 Å². The molecule has 0 radical (unpaired) electrons. The first-order valence-electron chi connectivity index (χ1n) is 4.06. The summed E-state index contributed by atoms with van der Waals surface area (Å²) in [6, 6.07) is 0. The molecule has 0 aliphatic rings. The summed E-state index contributed by atoms with van der Waals surface area (Å²) in [6.07, 6.45) is 2.00. The Morgan fingerprint density at radius 1 is 1.57 bits per heavy atom. The summed E-state index contributed by atoms with van der Waals surface area (Å²) in [7, 11) is 1.75. The van der Waals surface area contributed by atoms with Gasteiger partial charge in [0.05, 0.1) is 0 Å². The van der Waals surface area contributed by atoms with E-state index in [0.29, 0.717) is 16.7 Å². The second-order valence-electron chi connectivity index (χ2n) is 2.41. The third kappa shape index (κ3) is 3.15. The predicted octanol–water partition coefficient (Wildman–Crippen LogP) is 0.673. The maximum Gasteiger partial charge on any atom is 0.282 e. The highest BCUT2D eigenvalue weighted by atomic mass is 32.2. The number of rotatable bonds is 5. The molecule has 1 rings (SSSR count). The van der Waals surface area contributed by atoms with Crippen LogP contribution in [-0.4, -0.2) is 41.7 Å². The van der Waals surface area contributed by atoms with Crippen LogP contribution in [0.2, 0.25) is 0 Å². The van der Waals surface area contributed by atoms with E-state index in [0.717, 1.165) is 5.75 Å². The molecule has 0 atom stereocenters. The number of carbonyl (C=O) groups excluding carboxylic acids is 1. The smallest absolute Gasteiger partial charge is 0.282 e. The van der Waals surface area contributed by atoms with Crippen LogP contribution >= 0.6 is 23.1 Å². The topological polar surface area (TPSA) is 66.9 Å². The van der Waals surface area contributed by atoms with E-state index in [1.807, 2.05) is 6.26 Å². The first kappa shape index (κ1) is 11.3. The Hall–Kier alpha value is -0.820. The average Bonchev–Trinajstić information content (AvgIpc) is 2.66. The lowest BCUT2D eigenvalue weighted by molar-refractivity contribution is 0.0955. The van der Waals surface area contributed by atoms with Gasteiger partial charge < -0.3 is 10.6 Å². The van der Waals surface area contributed by atoms with Crippen molar-refractivity contribution >= 4 is 34.1 Å². The van der Waals surface area contributed by atoms with Crippen LogP contribution in [0, 0.1) is 0 Å². The molecule has 78 valence electrons. The second-order valence-corrected chi connectivity index (χ2v) is 4.37. The molecule has 0 aliphatic heterocycles. The van der Waals surface area contributed by atoms with Crippen LogP contribution in [0.3, 0.4) is 0 Å². The van der Waals surface area contributed by atoms with E-state index in [-0.39, 0.29) is 5.91 Å². The summed E-state index contributed by atoms with van der Waals surface area (Å²) in [6.45, 7) is 0.661. The Morgan fingerprint density at radius 2 is 2.36 bits per heavy atom. The molecule has 2 N–H and O–H groups in total. The maximum absolute atomic E-state index is 11.4. The van der Waals surface area contributed by atoms with Crippen LogP contribution in [-0.2, 0) is 0 Å². The fourth-order valence-corrected chi connectivity index (χ4v) is 1.68. The molecule has 0 saturated carbocycles. The van der Waals surface area contributed by atoms with Gasteiger partial charge in [-0.3, -0.25) is 4.79 Å². The number of amides is 1. The van der Waals surface area contributed by atoms with Crippen LogP contribution < -0.4 is 10.6 Å². The van der Waals surface area contributed by atoms with Gasteiger partial charge in [0.15, 0.2) is 0 Å². The minimum absolute atomic E-state index is 0.155. The molecule has 5 nitrogen and oxygen atoms in total. The summed E-state index contributed by atoms with van der Waals surface area (Å²) in [5, 5.41) is 14.2. The average molecular weight is 232 g/mol. The third-order valence-corrected chi connectivity index (χ3v) is 2.98. The molecule has 0 unspecified atom stereocenters. The quantitative estimate of drug-likeness (QED) is 0.731. The van der Waals surface area contributed by atoms with Gasteiger partial charge in [-0.15, -0.1) is 10.2 Å². The highest BCUT2D eigenvalue weighted by Gasteiger charge is 2.10. The molecule has 1 amide bonds. The predicted molar refractivity (Wildman–Crippen MR) is 60.2 cm³/mol. The standard InChI is InChI=1S/C7H12N4OS2/c1-8-7-11-10-6(14-7)5(12)9-3-4-13-2/h3-4H2,1-2H3,(H,8,11)(H,9,12). The van der Waals surface area contributed by atoms with Crippen LogP contribution in [0.4, 0.5) is 5.13 Å². The largest absolute Gasteiger partial charge is 0.363 e. The summed E-state index contributed by atoms with van der Waals surface area (Å²) >= 11 is 2.94. The van der Waals surface area contributed by atoms with Gasteiger partial charge in [0.25, 0.3) is 5.91 Å². The SMILES string of the molecule is CNc1nnc(C(=O)NCCSC)s1. The van der Waals surface area contributed by atoms with Gasteiger partial charge in [0.1, 0.15) is 0 Å². The van der Waals surface area contributed by atoms with E-state index in [2.05, 4.69) is 20.8 Å². The Morgan fingerprint density at radius 3 is 2.93 bits per heavy atom. The molecule has 0 bridgehead atoms. The van der Waals surface area contributed by atoms with Crippen molar-refractivity contribution in [2.45, 2.75) is 0 Å². The summed E-state index contributed by atoms with van der Waals surface area (Å²) in [5.41, 5.74) is 0. The van der Waals surface area contributed by atoms with Gasteiger partial charge in [-0.25, -0.2) is 0 Å². The zero-order valence-corrected chi connectivity index (χ0v) is 9.67. The lowest BCUT2D eigenvalue weighted by Gasteiger charge is -1.99. The van der Waals surface area contributed by atoms with Gasteiger partial charge in [0, 0.05) is 19.3 Å². The van der Waals surface area contributed by atoms with Crippen molar-refractivity contribution in [1.29, 1.82) is 0 Å². The van der Waals surface area contributed by atoms with Gasteiger partial charge in [-0.2, -0.15) is 11.8 Å². The third-order valence-electron chi connectivity index (χ3n) is 1.42. The van der Waals surface area contributed by atoms with Crippen LogP contribution in [0.1, 0.15) is 9.80 Å². The van der Waals surface area contributed by atoms with Crippen LogP contribution in [0.5, 0.6) is 0 Å². The number of anilines is 1. The fourth-order valence-electron chi connectivity index (χ4n) is 0.758. The summed E-state index contributed by atoms with van der Waals surface area (Å²) < 4.78 is 0. The zero-order chi connectivity index (χ0) is 10.4. The lowest BCUT2D eigenvalue weighted by Crippen LogP contribution is -2.25. The van der Waals surface area contributed by atoms with E-state index in [1.54, 1.807) is 18.8 Å². The summed E-state index contributed by atoms with van der Waals surface area (Å²) in [5.74, 6) is 0.752. The number of thioether (sulfide) groups is 1. The molecule has 1 heterocycles. The normalized spacial score (nSPS) is 9.86. The van der Waals surface area contributed by atoms with Gasteiger partial charge in [-0.1, -0.05) is 11.3 Å². The monoisotopic (exact) mass is 232 g/mol. The number of hydrogen-bond acceptors (Lipinski definition) is 6. The molecule has 0 fully saturated rings. The van der Waals surface area contributed by atoms with Crippen molar-refractivity contribution in [3.8, 4) is 0 Å².